The Morgan fingerprint density at radius 3 is 1.94 bits per heavy atom. The number of thioether (sulfide) groups is 1. The molecular weight excluding hydrogens is 459 g/mol. The zero-order chi connectivity index (χ0) is 24.6. The van der Waals surface area contributed by atoms with Crippen molar-refractivity contribution in [2.24, 2.45) is 16.7 Å². The molecule has 0 unspecified atom stereocenters. The lowest BCUT2D eigenvalue weighted by molar-refractivity contribution is -0.133. The van der Waals surface area contributed by atoms with Crippen LogP contribution in [0.1, 0.15) is 53.9 Å². The summed E-state index contributed by atoms with van der Waals surface area (Å²) in [6.07, 6.45) is 4.09. The van der Waals surface area contributed by atoms with Crippen molar-refractivity contribution in [3.8, 4) is 0 Å². The maximum absolute atomic E-state index is 14.5. The van der Waals surface area contributed by atoms with Gasteiger partial charge in [-0.3, -0.25) is 9.59 Å². The zero-order valence-corrected chi connectivity index (χ0v) is 19.7. The SMILES string of the molecule is CC(C)C1=C(Sc2c(F)c(F)c(F)c(F)c2F)C2=C(C(=O)C1=O)[C@]1(C)CCCC(C)(C)C1=C2. The van der Waals surface area contributed by atoms with Gasteiger partial charge >= 0.3 is 0 Å². The standard InChI is InChI=1S/C25H23F5O2S/c1-10(2)13-20(31)21(32)14-11(9-12-24(3,4)7-6-8-25(12,14)5)22(13)33-23-18(29)16(27)15(26)17(28)19(23)30/h9-10H,6-8H2,1-5H3/t25-/m1/s1. The molecule has 4 rings (SSSR count). The van der Waals surface area contributed by atoms with Crippen molar-refractivity contribution in [3.05, 3.63) is 62.4 Å². The minimum Gasteiger partial charge on any atom is -0.285 e. The minimum absolute atomic E-state index is 0.0181. The molecule has 0 amide bonds. The van der Waals surface area contributed by atoms with Gasteiger partial charge in [0, 0.05) is 21.5 Å². The Balaban J connectivity index is 2.00. The number of hydrogen-bond donors (Lipinski definition) is 0. The first kappa shape index (κ1) is 23.9. The summed E-state index contributed by atoms with van der Waals surface area (Å²) in [5, 5.41) is 0. The van der Waals surface area contributed by atoms with E-state index >= 15 is 0 Å². The van der Waals surface area contributed by atoms with Crippen LogP contribution >= 0.6 is 11.8 Å². The molecule has 0 aromatic heterocycles. The Morgan fingerprint density at radius 1 is 0.848 bits per heavy atom. The van der Waals surface area contributed by atoms with E-state index in [1.54, 1.807) is 19.9 Å². The first-order valence-electron chi connectivity index (χ1n) is 10.7. The largest absolute Gasteiger partial charge is 0.285 e. The van der Waals surface area contributed by atoms with Gasteiger partial charge in [0.05, 0.1) is 4.90 Å². The maximum Gasteiger partial charge on any atom is 0.230 e. The van der Waals surface area contributed by atoms with E-state index < -0.39 is 56.9 Å². The molecule has 0 spiro atoms. The predicted molar refractivity (Wildman–Crippen MR) is 115 cm³/mol. The Morgan fingerprint density at radius 2 is 1.39 bits per heavy atom. The van der Waals surface area contributed by atoms with Gasteiger partial charge in [-0.1, -0.05) is 64.5 Å². The van der Waals surface area contributed by atoms with Crippen molar-refractivity contribution in [2.75, 3.05) is 0 Å². The van der Waals surface area contributed by atoms with Crippen LogP contribution in [-0.2, 0) is 9.59 Å². The van der Waals surface area contributed by atoms with Gasteiger partial charge in [-0.2, -0.15) is 0 Å². The summed E-state index contributed by atoms with van der Waals surface area (Å²) in [5.74, 6) is -12.3. The lowest BCUT2D eigenvalue weighted by Crippen LogP contribution is -2.39. The second-order valence-electron chi connectivity index (χ2n) is 9.97. The van der Waals surface area contributed by atoms with Crippen molar-refractivity contribution in [2.45, 2.75) is 58.8 Å². The highest BCUT2D eigenvalue weighted by Crippen LogP contribution is 2.62. The fourth-order valence-corrected chi connectivity index (χ4v) is 6.75. The van der Waals surface area contributed by atoms with Gasteiger partial charge in [0.15, 0.2) is 23.3 Å². The third kappa shape index (κ3) is 3.27. The van der Waals surface area contributed by atoms with Crippen LogP contribution in [0.5, 0.6) is 0 Å². The number of halogens is 5. The topological polar surface area (TPSA) is 34.1 Å². The molecule has 3 aliphatic rings. The van der Waals surface area contributed by atoms with Crippen molar-refractivity contribution < 1.29 is 31.5 Å². The Labute approximate surface area is 193 Å². The van der Waals surface area contributed by atoms with Crippen molar-refractivity contribution >= 4 is 23.3 Å². The molecule has 0 heterocycles. The van der Waals surface area contributed by atoms with E-state index in [0.29, 0.717) is 23.8 Å². The predicted octanol–water partition coefficient (Wildman–Crippen LogP) is 6.99. The number of allylic oxidation sites excluding steroid dienone is 5. The quantitative estimate of drug-likeness (QED) is 0.153. The van der Waals surface area contributed by atoms with Crippen LogP contribution in [-0.4, -0.2) is 11.6 Å². The van der Waals surface area contributed by atoms with Crippen LogP contribution < -0.4 is 0 Å². The Bertz CT molecular complexity index is 1190. The fourth-order valence-electron chi connectivity index (χ4n) is 5.47. The van der Waals surface area contributed by atoms with E-state index in [9.17, 15) is 31.5 Å². The van der Waals surface area contributed by atoms with Crippen LogP contribution in [0.25, 0.3) is 0 Å². The average molecular weight is 483 g/mol. The number of hydrogen-bond acceptors (Lipinski definition) is 3. The smallest absolute Gasteiger partial charge is 0.230 e. The summed E-state index contributed by atoms with van der Waals surface area (Å²) in [4.78, 5) is 25.4. The molecule has 1 aromatic rings. The molecule has 8 heteroatoms. The first-order chi connectivity index (χ1) is 15.2. The molecule has 3 aliphatic carbocycles. The lowest BCUT2D eigenvalue weighted by atomic mass is 9.59. The van der Waals surface area contributed by atoms with Crippen LogP contribution in [0.2, 0.25) is 0 Å². The molecular formula is C25H23F5O2S. The second-order valence-corrected chi connectivity index (χ2v) is 11.0. The van der Waals surface area contributed by atoms with Gasteiger partial charge < -0.3 is 0 Å². The number of ketones is 2. The van der Waals surface area contributed by atoms with Crippen LogP contribution in [0, 0.1) is 45.8 Å². The highest BCUT2D eigenvalue weighted by molar-refractivity contribution is 8.03. The highest BCUT2D eigenvalue weighted by Gasteiger charge is 2.53. The molecule has 176 valence electrons. The molecule has 0 bridgehead atoms. The summed E-state index contributed by atoms with van der Waals surface area (Å²) in [6, 6.07) is 0. The summed E-state index contributed by atoms with van der Waals surface area (Å²) >= 11 is 0.325. The minimum atomic E-state index is -2.24. The molecule has 1 atom stereocenters. The van der Waals surface area contributed by atoms with E-state index in [2.05, 4.69) is 0 Å². The Hall–Kier alpha value is -2.22. The Kier molecular flexibility index (Phi) is 5.55. The molecule has 1 fully saturated rings. The number of Topliss-reactive ketones (excluding diaryl/α,β-unsaturated/α-hetero) is 2. The fraction of sp³-hybridized carbons (Fsp3) is 0.440. The normalized spacial score (nSPS) is 24.5. The lowest BCUT2D eigenvalue weighted by Gasteiger charge is -2.44. The third-order valence-electron chi connectivity index (χ3n) is 7.03. The number of rotatable bonds is 3. The van der Waals surface area contributed by atoms with Gasteiger partial charge in [-0.05, 0) is 29.7 Å². The van der Waals surface area contributed by atoms with E-state index in [-0.39, 0.29) is 21.5 Å². The van der Waals surface area contributed by atoms with Crippen LogP contribution in [0.4, 0.5) is 22.0 Å². The monoisotopic (exact) mass is 482 g/mol. The maximum atomic E-state index is 14.5. The van der Waals surface area contributed by atoms with Gasteiger partial charge in [0.2, 0.25) is 17.4 Å². The summed E-state index contributed by atoms with van der Waals surface area (Å²) in [6.45, 7) is 9.24. The summed E-state index contributed by atoms with van der Waals surface area (Å²) < 4.78 is 70.5. The number of carbonyl (C=O) groups excluding carboxylic acids is 2. The van der Waals surface area contributed by atoms with Gasteiger partial charge in [0.1, 0.15) is 0 Å². The summed E-state index contributed by atoms with van der Waals surface area (Å²) in [7, 11) is 0. The molecule has 0 radical (unpaired) electrons. The number of benzene rings is 1. The van der Waals surface area contributed by atoms with Gasteiger partial charge in [-0.15, -0.1) is 0 Å². The van der Waals surface area contributed by atoms with E-state index in [1.165, 1.54) is 0 Å². The van der Waals surface area contributed by atoms with Gasteiger partial charge in [0.25, 0.3) is 0 Å². The van der Waals surface area contributed by atoms with Gasteiger partial charge in [-0.25, -0.2) is 22.0 Å². The summed E-state index contributed by atoms with van der Waals surface area (Å²) in [5.41, 5.74) is 0.550. The molecule has 0 N–H and O–H groups in total. The first-order valence-corrected chi connectivity index (χ1v) is 11.6. The third-order valence-corrected chi connectivity index (χ3v) is 8.24. The van der Waals surface area contributed by atoms with Crippen LogP contribution in [0.15, 0.2) is 38.2 Å². The molecule has 0 aliphatic heterocycles. The second kappa shape index (κ2) is 7.65. The highest BCUT2D eigenvalue weighted by atomic mass is 32.2. The van der Waals surface area contributed by atoms with E-state index in [4.69, 9.17) is 0 Å². The molecule has 1 aromatic carbocycles. The molecule has 0 saturated heterocycles. The zero-order valence-electron chi connectivity index (χ0n) is 18.9. The molecule has 1 saturated carbocycles. The van der Waals surface area contributed by atoms with Crippen molar-refractivity contribution in [1.82, 2.24) is 0 Å². The van der Waals surface area contributed by atoms with Crippen molar-refractivity contribution in [3.63, 3.8) is 0 Å². The molecule has 2 nitrogen and oxygen atoms in total. The van der Waals surface area contributed by atoms with Crippen LogP contribution in [0.3, 0.4) is 0 Å². The average Bonchev–Trinajstić information content (AvgIpc) is 3.06. The molecule has 33 heavy (non-hydrogen) atoms. The van der Waals surface area contributed by atoms with Crippen molar-refractivity contribution in [1.29, 1.82) is 0 Å². The van der Waals surface area contributed by atoms with E-state index in [1.807, 2.05) is 20.8 Å². The van der Waals surface area contributed by atoms with E-state index in [0.717, 1.165) is 18.4 Å². The number of carbonyl (C=O) groups is 2. The number of fused-ring (bicyclic) bond motifs is 2.